The predicted molar refractivity (Wildman–Crippen MR) is 80.7 cm³/mol. The number of amides is 1. The van der Waals surface area contributed by atoms with Crippen LogP contribution in [0.3, 0.4) is 0 Å². The van der Waals surface area contributed by atoms with Gasteiger partial charge in [-0.2, -0.15) is 4.98 Å². The molecule has 0 saturated heterocycles. The van der Waals surface area contributed by atoms with Gasteiger partial charge in [0, 0.05) is 24.9 Å². The summed E-state index contributed by atoms with van der Waals surface area (Å²) in [5, 5.41) is 6.86. The van der Waals surface area contributed by atoms with Crippen LogP contribution in [0.1, 0.15) is 37.6 Å². The molecule has 1 N–H and O–H groups in total. The Morgan fingerprint density at radius 2 is 2.14 bits per heavy atom. The molecule has 2 rings (SSSR count). The summed E-state index contributed by atoms with van der Waals surface area (Å²) in [5.74, 6) is 1.10. The number of nitrogens with one attached hydrogen (secondary N) is 1. The molecule has 0 aliphatic heterocycles. The highest BCUT2D eigenvalue weighted by molar-refractivity contribution is 5.76. The van der Waals surface area contributed by atoms with Gasteiger partial charge in [0.05, 0.1) is 0 Å². The Morgan fingerprint density at radius 1 is 1.33 bits per heavy atom. The summed E-state index contributed by atoms with van der Waals surface area (Å²) in [6.45, 7) is 4.83. The van der Waals surface area contributed by atoms with E-state index in [1.807, 2.05) is 31.2 Å². The van der Waals surface area contributed by atoms with Gasteiger partial charge in [-0.05, 0) is 18.9 Å². The fourth-order valence-corrected chi connectivity index (χ4v) is 2.00. The van der Waals surface area contributed by atoms with E-state index in [0.29, 0.717) is 24.6 Å². The normalized spacial score (nSPS) is 10.6. The van der Waals surface area contributed by atoms with Crippen molar-refractivity contribution in [2.24, 2.45) is 0 Å². The summed E-state index contributed by atoms with van der Waals surface area (Å²) in [5.41, 5.74) is 2.06. The molecule has 0 aliphatic rings. The van der Waals surface area contributed by atoms with Crippen molar-refractivity contribution in [3.8, 4) is 11.4 Å². The van der Waals surface area contributed by atoms with E-state index in [0.717, 1.165) is 30.5 Å². The Hall–Kier alpha value is -2.17. The number of nitrogens with zero attached hydrogens (tertiary/aromatic N) is 2. The van der Waals surface area contributed by atoms with Gasteiger partial charge in [-0.1, -0.05) is 42.8 Å². The highest BCUT2D eigenvalue weighted by atomic mass is 16.5. The minimum Gasteiger partial charge on any atom is -0.356 e. The number of carbonyl (C=O) groups excluding carboxylic acids is 1. The number of hydrogen-bond acceptors (Lipinski definition) is 4. The van der Waals surface area contributed by atoms with Crippen molar-refractivity contribution in [2.75, 3.05) is 6.54 Å². The molecule has 0 fully saturated rings. The molecule has 0 bridgehead atoms. The Bertz CT molecular complexity index is 593. The van der Waals surface area contributed by atoms with Crippen molar-refractivity contribution in [1.29, 1.82) is 0 Å². The van der Waals surface area contributed by atoms with E-state index in [9.17, 15) is 4.79 Å². The molecule has 0 atom stereocenters. The zero-order valence-corrected chi connectivity index (χ0v) is 12.6. The Morgan fingerprint density at radius 3 is 2.90 bits per heavy atom. The second kappa shape index (κ2) is 7.57. The van der Waals surface area contributed by atoms with Gasteiger partial charge in [-0.25, -0.2) is 0 Å². The third kappa shape index (κ3) is 4.41. The van der Waals surface area contributed by atoms with Crippen molar-refractivity contribution in [2.45, 2.75) is 39.5 Å². The van der Waals surface area contributed by atoms with Crippen molar-refractivity contribution in [3.63, 3.8) is 0 Å². The summed E-state index contributed by atoms with van der Waals surface area (Å²) in [6, 6.07) is 7.88. The van der Waals surface area contributed by atoms with Crippen LogP contribution in [0.5, 0.6) is 0 Å². The molecule has 0 saturated carbocycles. The summed E-state index contributed by atoms with van der Waals surface area (Å²) in [7, 11) is 0. The van der Waals surface area contributed by atoms with Crippen molar-refractivity contribution in [1.82, 2.24) is 15.5 Å². The van der Waals surface area contributed by atoms with Crippen molar-refractivity contribution in [3.05, 3.63) is 35.7 Å². The van der Waals surface area contributed by atoms with Crippen LogP contribution in [0.15, 0.2) is 28.8 Å². The summed E-state index contributed by atoms with van der Waals surface area (Å²) in [4.78, 5) is 16.0. The largest absolute Gasteiger partial charge is 0.356 e. The van der Waals surface area contributed by atoms with Crippen LogP contribution in [-0.4, -0.2) is 22.6 Å². The van der Waals surface area contributed by atoms with Crippen molar-refractivity contribution >= 4 is 5.91 Å². The van der Waals surface area contributed by atoms with E-state index in [-0.39, 0.29) is 5.91 Å². The van der Waals surface area contributed by atoms with Crippen LogP contribution in [0.25, 0.3) is 11.4 Å². The van der Waals surface area contributed by atoms with Crippen LogP contribution in [0.2, 0.25) is 0 Å². The molecule has 112 valence electrons. The van der Waals surface area contributed by atoms with Crippen LogP contribution in [0, 0.1) is 6.92 Å². The SMILES string of the molecule is CCCCNC(=O)CCc1nc(-c2ccccc2C)no1. The monoisotopic (exact) mass is 287 g/mol. The molecule has 1 aromatic carbocycles. The summed E-state index contributed by atoms with van der Waals surface area (Å²) < 4.78 is 5.21. The fourth-order valence-electron chi connectivity index (χ4n) is 2.00. The van der Waals surface area contributed by atoms with Gasteiger partial charge >= 0.3 is 0 Å². The van der Waals surface area contributed by atoms with E-state index in [1.165, 1.54) is 0 Å². The fraction of sp³-hybridized carbons (Fsp3) is 0.438. The number of aryl methyl sites for hydroxylation is 2. The molecule has 5 nitrogen and oxygen atoms in total. The van der Waals surface area contributed by atoms with Gasteiger partial charge < -0.3 is 9.84 Å². The van der Waals surface area contributed by atoms with Crippen LogP contribution >= 0.6 is 0 Å². The van der Waals surface area contributed by atoms with E-state index >= 15 is 0 Å². The number of hydrogen-bond donors (Lipinski definition) is 1. The summed E-state index contributed by atoms with van der Waals surface area (Å²) in [6.07, 6.45) is 2.92. The molecular weight excluding hydrogens is 266 g/mol. The number of aromatic nitrogens is 2. The van der Waals surface area contributed by atoms with Crippen LogP contribution in [0.4, 0.5) is 0 Å². The molecule has 2 aromatic rings. The number of unbranched alkanes of at least 4 members (excludes halogenated alkanes) is 1. The number of carbonyl (C=O) groups is 1. The van der Waals surface area contributed by atoms with Crippen molar-refractivity contribution < 1.29 is 9.32 Å². The Balaban J connectivity index is 1.89. The predicted octanol–water partition coefficient (Wildman–Crippen LogP) is 2.89. The number of benzene rings is 1. The second-order valence-corrected chi connectivity index (χ2v) is 5.03. The highest BCUT2D eigenvalue weighted by Crippen LogP contribution is 2.19. The molecule has 1 amide bonds. The van der Waals surface area contributed by atoms with E-state index in [4.69, 9.17) is 4.52 Å². The standard InChI is InChI=1S/C16H21N3O2/c1-3-4-11-17-14(20)9-10-15-18-16(19-21-15)13-8-6-5-7-12(13)2/h5-8H,3-4,9-11H2,1-2H3,(H,17,20). The van der Waals surface area contributed by atoms with E-state index in [1.54, 1.807) is 0 Å². The van der Waals surface area contributed by atoms with Crippen LogP contribution < -0.4 is 5.32 Å². The summed E-state index contributed by atoms with van der Waals surface area (Å²) >= 11 is 0. The van der Waals surface area contributed by atoms with Gasteiger partial charge in [0.25, 0.3) is 0 Å². The maximum atomic E-state index is 11.6. The lowest BCUT2D eigenvalue weighted by Crippen LogP contribution is -2.24. The molecule has 0 spiro atoms. The molecule has 1 heterocycles. The third-order valence-corrected chi connectivity index (χ3v) is 3.27. The maximum Gasteiger partial charge on any atom is 0.227 e. The average molecular weight is 287 g/mol. The zero-order chi connectivity index (χ0) is 15.1. The van der Waals surface area contributed by atoms with Crippen LogP contribution in [-0.2, 0) is 11.2 Å². The first kappa shape index (κ1) is 15.2. The van der Waals surface area contributed by atoms with Gasteiger partial charge in [0.15, 0.2) is 0 Å². The molecule has 21 heavy (non-hydrogen) atoms. The third-order valence-electron chi connectivity index (χ3n) is 3.27. The molecule has 5 heteroatoms. The Kier molecular flexibility index (Phi) is 5.49. The maximum absolute atomic E-state index is 11.6. The molecule has 0 unspecified atom stereocenters. The minimum atomic E-state index is 0.0269. The Labute approximate surface area is 124 Å². The lowest BCUT2D eigenvalue weighted by Gasteiger charge is -2.01. The van der Waals surface area contributed by atoms with Gasteiger partial charge in [-0.15, -0.1) is 0 Å². The van der Waals surface area contributed by atoms with E-state index in [2.05, 4.69) is 22.4 Å². The topological polar surface area (TPSA) is 68.0 Å². The zero-order valence-electron chi connectivity index (χ0n) is 12.6. The second-order valence-electron chi connectivity index (χ2n) is 5.03. The molecule has 1 aromatic heterocycles. The first-order valence-electron chi connectivity index (χ1n) is 7.36. The van der Waals surface area contributed by atoms with Gasteiger partial charge in [-0.3, -0.25) is 4.79 Å². The first-order chi connectivity index (χ1) is 10.2. The lowest BCUT2D eigenvalue weighted by molar-refractivity contribution is -0.121. The highest BCUT2D eigenvalue weighted by Gasteiger charge is 2.11. The lowest BCUT2D eigenvalue weighted by atomic mass is 10.1. The quantitative estimate of drug-likeness (QED) is 0.795. The molecule has 0 aliphatic carbocycles. The van der Waals surface area contributed by atoms with Gasteiger partial charge in [0.2, 0.25) is 17.6 Å². The molecular formula is C16H21N3O2. The first-order valence-corrected chi connectivity index (χ1v) is 7.36. The average Bonchev–Trinajstić information content (AvgIpc) is 2.94. The molecule has 0 radical (unpaired) electrons. The smallest absolute Gasteiger partial charge is 0.227 e. The van der Waals surface area contributed by atoms with Gasteiger partial charge in [0.1, 0.15) is 0 Å². The minimum absolute atomic E-state index is 0.0269. The number of rotatable bonds is 7. The van der Waals surface area contributed by atoms with E-state index < -0.39 is 0 Å².